The third-order valence-corrected chi connectivity index (χ3v) is 3.38. The highest BCUT2D eigenvalue weighted by molar-refractivity contribution is 7.89. The van der Waals surface area contributed by atoms with Gasteiger partial charge in [0.15, 0.2) is 9.84 Å². The van der Waals surface area contributed by atoms with Gasteiger partial charge in [-0.2, -0.15) is 0 Å². The molecular formula is C14H15NO5S. The largest absolute Gasteiger partial charge is 0.480 e. The highest BCUT2D eigenvalue weighted by Crippen LogP contribution is 2.10. The molecule has 0 bridgehead atoms. The molecule has 0 aliphatic rings. The molecule has 0 saturated carbocycles. The molecule has 0 fully saturated rings. The average Bonchev–Trinajstić information content (AvgIpc) is 2.36. The first-order chi connectivity index (χ1) is 9.73. The van der Waals surface area contributed by atoms with E-state index in [1.54, 1.807) is 0 Å². The fraction of sp³-hybridized carbons (Fsp3) is 0.286. The van der Waals surface area contributed by atoms with Crippen molar-refractivity contribution in [2.45, 2.75) is 5.75 Å². The highest BCUT2D eigenvalue weighted by Gasteiger charge is 2.17. The molecule has 1 amide bonds. The molecule has 6 nitrogen and oxygen atoms in total. The van der Waals surface area contributed by atoms with Crippen LogP contribution in [-0.2, 0) is 20.4 Å². The van der Waals surface area contributed by atoms with Gasteiger partial charge < -0.3 is 10.0 Å². The van der Waals surface area contributed by atoms with Gasteiger partial charge in [0.05, 0.1) is 12.3 Å². The van der Waals surface area contributed by atoms with Gasteiger partial charge in [-0.1, -0.05) is 18.1 Å². The van der Waals surface area contributed by atoms with E-state index in [0.717, 1.165) is 11.2 Å². The molecule has 7 heteroatoms. The summed E-state index contributed by atoms with van der Waals surface area (Å²) in [5, 5.41) is 8.75. The average molecular weight is 309 g/mol. The molecule has 112 valence electrons. The van der Waals surface area contributed by atoms with Crippen LogP contribution in [0.25, 0.3) is 0 Å². The van der Waals surface area contributed by atoms with E-state index >= 15 is 0 Å². The maximum Gasteiger partial charge on any atom is 0.323 e. The summed E-state index contributed by atoms with van der Waals surface area (Å²) >= 11 is 0. The van der Waals surface area contributed by atoms with Crippen molar-refractivity contribution in [3.8, 4) is 12.3 Å². The quantitative estimate of drug-likeness (QED) is 0.768. The minimum absolute atomic E-state index is 0.115. The lowest BCUT2D eigenvalue weighted by atomic mass is 10.1. The predicted molar refractivity (Wildman–Crippen MR) is 77.4 cm³/mol. The van der Waals surface area contributed by atoms with Gasteiger partial charge in [0.2, 0.25) is 0 Å². The Labute approximate surface area is 123 Å². The lowest BCUT2D eigenvalue weighted by Crippen LogP contribution is -2.35. The van der Waals surface area contributed by atoms with E-state index < -0.39 is 28.3 Å². The second-order valence-electron chi connectivity index (χ2n) is 4.53. The van der Waals surface area contributed by atoms with Crippen LogP contribution in [0.3, 0.4) is 0 Å². The Morgan fingerprint density at radius 3 is 2.29 bits per heavy atom. The van der Waals surface area contributed by atoms with Crippen LogP contribution in [0.2, 0.25) is 0 Å². The molecule has 1 aromatic rings. The highest BCUT2D eigenvalue weighted by atomic mass is 32.2. The van der Waals surface area contributed by atoms with Gasteiger partial charge in [0.1, 0.15) is 6.54 Å². The Morgan fingerprint density at radius 2 is 1.86 bits per heavy atom. The van der Waals surface area contributed by atoms with Gasteiger partial charge in [-0.05, 0) is 17.7 Å². The fourth-order valence-electron chi connectivity index (χ4n) is 1.70. The number of carbonyl (C=O) groups excluding carboxylic acids is 1. The van der Waals surface area contributed by atoms with Gasteiger partial charge in [-0.25, -0.2) is 8.42 Å². The summed E-state index contributed by atoms with van der Waals surface area (Å²) < 4.78 is 22.3. The normalized spacial score (nSPS) is 10.7. The predicted octanol–water partition coefficient (Wildman–Crippen LogP) is 0.391. The van der Waals surface area contributed by atoms with E-state index in [2.05, 4.69) is 5.92 Å². The van der Waals surface area contributed by atoms with Crippen LogP contribution in [0.4, 0.5) is 0 Å². The molecule has 0 atom stereocenters. The number of amides is 1. The van der Waals surface area contributed by atoms with Gasteiger partial charge >= 0.3 is 5.97 Å². The van der Waals surface area contributed by atoms with E-state index in [1.165, 1.54) is 24.3 Å². The summed E-state index contributed by atoms with van der Waals surface area (Å²) in [5.74, 6) is 0.436. The molecule has 0 radical (unpaired) electrons. The fourth-order valence-corrected chi connectivity index (χ4v) is 2.50. The number of hydrogen-bond acceptors (Lipinski definition) is 4. The first kappa shape index (κ1) is 16.7. The Morgan fingerprint density at radius 1 is 1.29 bits per heavy atom. The first-order valence-electron chi connectivity index (χ1n) is 5.94. The zero-order valence-electron chi connectivity index (χ0n) is 11.4. The molecule has 0 aliphatic carbocycles. The van der Waals surface area contributed by atoms with Crippen molar-refractivity contribution >= 4 is 21.7 Å². The van der Waals surface area contributed by atoms with Crippen LogP contribution >= 0.6 is 0 Å². The number of terminal acetylenes is 1. The Kier molecular flexibility index (Phi) is 5.50. The lowest BCUT2D eigenvalue weighted by Gasteiger charge is -2.18. The molecule has 1 N–H and O–H groups in total. The Balaban J connectivity index is 2.91. The van der Waals surface area contributed by atoms with Crippen molar-refractivity contribution in [1.82, 2.24) is 4.90 Å². The molecule has 0 spiro atoms. The third-order valence-electron chi connectivity index (χ3n) is 2.53. The number of carboxylic acids is 1. The summed E-state index contributed by atoms with van der Waals surface area (Å²) in [6, 6.07) is 5.94. The van der Waals surface area contributed by atoms with E-state index in [9.17, 15) is 18.0 Å². The molecule has 1 aromatic carbocycles. The van der Waals surface area contributed by atoms with Crippen molar-refractivity contribution in [2.24, 2.45) is 0 Å². The Bertz CT molecular complexity index is 670. The molecule has 0 heterocycles. The number of carboxylic acid groups (broad SMARTS) is 1. The lowest BCUT2D eigenvalue weighted by molar-refractivity contribution is -0.137. The number of carbonyl (C=O) groups is 2. The number of nitrogens with zero attached hydrogens (tertiary/aromatic N) is 1. The van der Waals surface area contributed by atoms with Crippen molar-refractivity contribution < 1.29 is 23.1 Å². The van der Waals surface area contributed by atoms with Crippen LogP contribution in [0.5, 0.6) is 0 Å². The van der Waals surface area contributed by atoms with Crippen LogP contribution in [0.15, 0.2) is 24.3 Å². The van der Waals surface area contributed by atoms with Crippen LogP contribution in [-0.4, -0.2) is 49.6 Å². The van der Waals surface area contributed by atoms with E-state index in [-0.39, 0.29) is 17.9 Å². The van der Waals surface area contributed by atoms with Crippen molar-refractivity contribution in [1.29, 1.82) is 0 Å². The minimum Gasteiger partial charge on any atom is -0.480 e. The van der Waals surface area contributed by atoms with Gasteiger partial charge in [0.25, 0.3) is 5.91 Å². The van der Waals surface area contributed by atoms with Crippen LogP contribution < -0.4 is 0 Å². The number of aliphatic carboxylic acids is 1. The topological polar surface area (TPSA) is 91.8 Å². The monoisotopic (exact) mass is 309 g/mol. The van der Waals surface area contributed by atoms with Gasteiger partial charge in [-0.3, -0.25) is 9.59 Å². The minimum atomic E-state index is -3.15. The molecule has 1 rings (SSSR count). The third kappa shape index (κ3) is 5.67. The number of sulfone groups is 1. The summed E-state index contributed by atoms with van der Waals surface area (Å²) in [6.07, 6.45) is 6.23. The smallest absolute Gasteiger partial charge is 0.323 e. The second kappa shape index (κ2) is 6.90. The zero-order valence-corrected chi connectivity index (χ0v) is 12.3. The van der Waals surface area contributed by atoms with Crippen LogP contribution in [0.1, 0.15) is 15.9 Å². The van der Waals surface area contributed by atoms with Crippen molar-refractivity contribution in [3.63, 3.8) is 0 Å². The second-order valence-corrected chi connectivity index (χ2v) is 6.67. The van der Waals surface area contributed by atoms with Gasteiger partial charge in [-0.15, -0.1) is 6.42 Å². The molecule has 0 unspecified atom stereocenters. The molecular weight excluding hydrogens is 294 g/mol. The maximum absolute atomic E-state index is 12.1. The number of hydrogen-bond donors (Lipinski definition) is 1. The first-order valence-corrected chi connectivity index (χ1v) is 8.00. The van der Waals surface area contributed by atoms with Gasteiger partial charge in [0, 0.05) is 11.8 Å². The number of benzene rings is 1. The molecule has 0 aromatic heterocycles. The zero-order chi connectivity index (χ0) is 16.0. The Hall–Kier alpha value is -2.33. The SMILES string of the molecule is C#CCN(CC(=O)O)C(=O)c1ccc(CS(C)(=O)=O)cc1. The molecule has 21 heavy (non-hydrogen) atoms. The molecule has 0 aliphatic heterocycles. The summed E-state index contributed by atoms with van der Waals surface area (Å²) in [4.78, 5) is 23.8. The van der Waals surface area contributed by atoms with E-state index in [4.69, 9.17) is 11.5 Å². The summed E-state index contributed by atoms with van der Waals surface area (Å²) in [7, 11) is -3.15. The molecule has 0 saturated heterocycles. The van der Waals surface area contributed by atoms with E-state index in [0.29, 0.717) is 5.56 Å². The van der Waals surface area contributed by atoms with Crippen molar-refractivity contribution in [2.75, 3.05) is 19.3 Å². The van der Waals surface area contributed by atoms with Crippen LogP contribution in [0, 0.1) is 12.3 Å². The summed E-state index contributed by atoms with van der Waals surface area (Å²) in [6.45, 7) is -0.607. The van der Waals surface area contributed by atoms with E-state index in [1.807, 2.05) is 0 Å². The number of rotatable bonds is 6. The summed E-state index contributed by atoms with van der Waals surface area (Å²) in [5.41, 5.74) is 0.805. The maximum atomic E-state index is 12.1. The van der Waals surface area contributed by atoms with Crippen molar-refractivity contribution in [3.05, 3.63) is 35.4 Å². The standard InChI is InChI=1S/C14H15NO5S/c1-3-8-15(9-13(16)17)14(18)12-6-4-11(5-7-12)10-21(2,19)20/h1,4-7H,8-10H2,2H3,(H,16,17).